The molecule has 0 aromatic heterocycles. The summed E-state index contributed by atoms with van der Waals surface area (Å²) in [4.78, 5) is 50.1. The van der Waals surface area contributed by atoms with Crippen molar-refractivity contribution in [3.8, 4) is 0 Å². The van der Waals surface area contributed by atoms with Crippen molar-refractivity contribution >= 4 is 47.0 Å². The Morgan fingerprint density at radius 3 is 2.53 bits per heavy atom. The van der Waals surface area contributed by atoms with Gasteiger partial charge < -0.3 is 15.5 Å². The predicted octanol–water partition coefficient (Wildman–Crippen LogP) is 3.74. The van der Waals surface area contributed by atoms with Gasteiger partial charge >= 0.3 is 6.03 Å². The molecular weight excluding hydrogens is 479 g/mol. The number of aryl methyl sites for hydroxylation is 1. The molecule has 0 aliphatic carbocycles. The minimum absolute atomic E-state index is 0.198. The Morgan fingerprint density at radius 1 is 1.15 bits per heavy atom. The number of imide groups is 1. The second-order valence-corrected chi connectivity index (χ2v) is 9.07. The molecule has 3 rings (SSSR count). The molecule has 34 heavy (non-hydrogen) atoms. The van der Waals surface area contributed by atoms with Gasteiger partial charge in [-0.2, -0.15) is 0 Å². The molecule has 0 spiro atoms. The van der Waals surface area contributed by atoms with Crippen molar-refractivity contribution in [1.82, 2.24) is 20.9 Å². The molecule has 1 aliphatic rings. The fourth-order valence-corrected chi connectivity index (χ4v) is 4.06. The maximum Gasteiger partial charge on any atom is 0.315 e. The molecule has 8 nitrogen and oxygen atoms in total. The van der Waals surface area contributed by atoms with Gasteiger partial charge in [-0.3, -0.25) is 19.7 Å². The lowest BCUT2D eigenvalue weighted by atomic mass is 10.0. The Kier molecular flexibility index (Phi) is 8.17. The van der Waals surface area contributed by atoms with E-state index in [1.807, 2.05) is 13.0 Å². The van der Waals surface area contributed by atoms with Crippen LogP contribution in [0, 0.1) is 6.92 Å². The van der Waals surface area contributed by atoms with Crippen molar-refractivity contribution in [2.24, 2.45) is 0 Å². The van der Waals surface area contributed by atoms with Crippen molar-refractivity contribution in [2.45, 2.75) is 45.3 Å². The number of piperidine rings is 1. The Labute approximate surface area is 208 Å². The highest BCUT2D eigenvalue weighted by Gasteiger charge is 2.33. The normalized spacial score (nSPS) is 16.4. The highest BCUT2D eigenvalue weighted by Crippen LogP contribution is 2.25. The van der Waals surface area contributed by atoms with Gasteiger partial charge in [0.05, 0.1) is 16.1 Å². The second kappa shape index (κ2) is 10.9. The van der Waals surface area contributed by atoms with Gasteiger partial charge in [0.25, 0.3) is 5.91 Å². The van der Waals surface area contributed by atoms with Gasteiger partial charge in [-0.1, -0.05) is 41.4 Å². The molecule has 1 saturated heterocycles. The van der Waals surface area contributed by atoms with Crippen LogP contribution >= 0.6 is 23.2 Å². The summed E-state index contributed by atoms with van der Waals surface area (Å²) in [5.41, 5.74) is 2.81. The summed E-state index contributed by atoms with van der Waals surface area (Å²) < 4.78 is 0. The molecule has 2 unspecified atom stereocenters. The maximum atomic E-state index is 12.9. The van der Waals surface area contributed by atoms with E-state index in [9.17, 15) is 19.2 Å². The van der Waals surface area contributed by atoms with Crippen LogP contribution in [0.4, 0.5) is 4.79 Å². The number of amides is 5. The molecular formula is C24H26Cl2N4O4. The molecule has 1 heterocycles. The summed E-state index contributed by atoms with van der Waals surface area (Å²) in [6, 6.07) is 9.10. The van der Waals surface area contributed by atoms with E-state index in [1.54, 1.807) is 44.3 Å². The lowest BCUT2D eigenvalue weighted by molar-refractivity contribution is -0.136. The fourth-order valence-electron chi connectivity index (χ4n) is 3.75. The zero-order chi connectivity index (χ0) is 25.0. The van der Waals surface area contributed by atoms with E-state index in [-0.39, 0.29) is 36.9 Å². The number of rotatable bonds is 6. The summed E-state index contributed by atoms with van der Waals surface area (Å²) in [5, 5.41) is 8.77. The van der Waals surface area contributed by atoms with Gasteiger partial charge in [0, 0.05) is 25.6 Å². The van der Waals surface area contributed by atoms with Crippen LogP contribution in [0.25, 0.3) is 0 Å². The van der Waals surface area contributed by atoms with Crippen LogP contribution < -0.4 is 16.0 Å². The van der Waals surface area contributed by atoms with Crippen LogP contribution in [0.1, 0.15) is 52.9 Å². The third kappa shape index (κ3) is 6.07. The number of halogens is 2. The standard InChI is InChI=1S/C24H26Cl2N4O4/c1-13-10-15(12-27-24(34)28-14(2)16-5-7-18(25)19(26)11-16)4-6-17(13)23(33)30(3)20-8-9-21(31)29-22(20)32/h4-7,10-11,14,20H,8-9,12H2,1-3H3,(H2,27,28,34)(H,29,31,32). The van der Waals surface area contributed by atoms with Gasteiger partial charge in [-0.05, 0) is 55.2 Å². The third-order valence-corrected chi connectivity index (χ3v) is 6.50. The SMILES string of the molecule is Cc1cc(CNC(=O)NC(C)c2ccc(Cl)c(Cl)c2)ccc1C(=O)N(C)C1CCC(=O)NC1=O. The number of hydrogen-bond acceptors (Lipinski definition) is 4. The average Bonchev–Trinajstić information content (AvgIpc) is 2.78. The molecule has 0 radical (unpaired) electrons. The van der Waals surface area contributed by atoms with Crippen molar-refractivity contribution in [2.75, 3.05) is 7.05 Å². The maximum absolute atomic E-state index is 12.9. The van der Waals surface area contributed by atoms with E-state index in [0.29, 0.717) is 27.6 Å². The van der Waals surface area contributed by atoms with E-state index < -0.39 is 11.9 Å². The second-order valence-electron chi connectivity index (χ2n) is 8.25. The first-order valence-corrected chi connectivity index (χ1v) is 11.5. The van der Waals surface area contributed by atoms with E-state index in [4.69, 9.17) is 23.2 Å². The summed E-state index contributed by atoms with van der Waals surface area (Å²) in [6.45, 7) is 3.89. The summed E-state index contributed by atoms with van der Waals surface area (Å²) in [6.07, 6.45) is 0.493. The lowest BCUT2D eigenvalue weighted by Gasteiger charge is -2.30. The number of benzene rings is 2. The first-order chi connectivity index (χ1) is 16.1. The van der Waals surface area contributed by atoms with Crippen LogP contribution in [0.5, 0.6) is 0 Å². The molecule has 2 aromatic carbocycles. The number of likely N-dealkylation sites (N-methyl/N-ethyl adjacent to an activating group) is 1. The Balaban J connectivity index is 1.57. The highest BCUT2D eigenvalue weighted by molar-refractivity contribution is 6.42. The van der Waals surface area contributed by atoms with Gasteiger partial charge in [0.1, 0.15) is 6.04 Å². The quantitative estimate of drug-likeness (QED) is 0.520. The van der Waals surface area contributed by atoms with Crippen LogP contribution in [0.15, 0.2) is 36.4 Å². The monoisotopic (exact) mass is 504 g/mol. The zero-order valence-electron chi connectivity index (χ0n) is 19.1. The molecule has 3 N–H and O–H groups in total. The molecule has 5 amide bonds. The Hall–Kier alpha value is -3.10. The number of urea groups is 1. The fraction of sp³-hybridized carbons (Fsp3) is 0.333. The molecule has 1 fully saturated rings. The Bertz CT molecular complexity index is 1140. The van der Waals surface area contributed by atoms with Gasteiger partial charge in [-0.15, -0.1) is 0 Å². The van der Waals surface area contributed by atoms with E-state index in [2.05, 4.69) is 16.0 Å². The van der Waals surface area contributed by atoms with Crippen molar-refractivity contribution in [3.05, 3.63) is 68.7 Å². The van der Waals surface area contributed by atoms with Crippen LogP contribution in [-0.4, -0.2) is 41.7 Å². The molecule has 0 saturated carbocycles. The van der Waals surface area contributed by atoms with Gasteiger partial charge in [0.15, 0.2) is 0 Å². The highest BCUT2D eigenvalue weighted by atomic mass is 35.5. The minimum atomic E-state index is -0.688. The van der Waals surface area contributed by atoms with E-state index in [0.717, 1.165) is 11.1 Å². The van der Waals surface area contributed by atoms with Crippen molar-refractivity contribution in [1.29, 1.82) is 0 Å². The minimum Gasteiger partial charge on any atom is -0.334 e. The molecule has 0 bridgehead atoms. The molecule has 1 aliphatic heterocycles. The molecule has 10 heteroatoms. The third-order valence-electron chi connectivity index (χ3n) is 5.76. The number of nitrogens with one attached hydrogen (secondary N) is 3. The smallest absolute Gasteiger partial charge is 0.315 e. The predicted molar refractivity (Wildman–Crippen MR) is 130 cm³/mol. The van der Waals surface area contributed by atoms with Crippen LogP contribution in [0.2, 0.25) is 10.0 Å². The summed E-state index contributed by atoms with van der Waals surface area (Å²) in [7, 11) is 1.55. The number of nitrogens with zero attached hydrogens (tertiary/aromatic N) is 1. The van der Waals surface area contributed by atoms with Gasteiger partial charge in [0.2, 0.25) is 11.8 Å². The average molecular weight is 505 g/mol. The summed E-state index contributed by atoms with van der Waals surface area (Å²) in [5.74, 6) is -1.10. The largest absolute Gasteiger partial charge is 0.334 e. The Morgan fingerprint density at radius 2 is 1.88 bits per heavy atom. The molecule has 2 atom stereocenters. The first kappa shape index (κ1) is 25.5. The lowest BCUT2D eigenvalue weighted by Crippen LogP contribution is -2.53. The number of carbonyl (C=O) groups is 4. The molecule has 2 aromatic rings. The van der Waals surface area contributed by atoms with Crippen LogP contribution in [-0.2, 0) is 16.1 Å². The van der Waals surface area contributed by atoms with E-state index >= 15 is 0 Å². The van der Waals surface area contributed by atoms with Crippen molar-refractivity contribution < 1.29 is 19.2 Å². The van der Waals surface area contributed by atoms with Crippen molar-refractivity contribution in [3.63, 3.8) is 0 Å². The summed E-state index contributed by atoms with van der Waals surface area (Å²) >= 11 is 12.0. The number of carbonyl (C=O) groups excluding carboxylic acids is 4. The topological polar surface area (TPSA) is 108 Å². The zero-order valence-corrected chi connectivity index (χ0v) is 20.6. The van der Waals surface area contributed by atoms with Crippen LogP contribution in [0.3, 0.4) is 0 Å². The van der Waals surface area contributed by atoms with Gasteiger partial charge in [-0.25, -0.2) is 4.79 Å². The number of hydrogen-bond donors (Lipinski definition) is 3. The molecule has 180 valence electrons. The first-order valence-electron chi connectivity index (χ1n) is 10.8. The van der Waals surface area contributed by atoms with E-state index in [1.165, 1.54) is 4.90 Å².